The first-order valence-corrected chi connectivity index (χ1v) is 4.69. The van der Waals surface area contributed by atoms with E-state index in [-0.39, 0.29) is 0 Å². The van der Waals surface area contributed by atoms with Crippen molar-refractivity contribution in [3.8, 4) is 0 Å². The average molecular weight is 155 g/mol. The van der Waals surface area contributed by atoms with Gasteiger partial charge in [0.15, 0.2) is 0 Å². The molecule has 2 unspecified atom stereocenters. The third-order valence-electron chi connectivity index (χ3n) is 2.43. The van der Waals surface area contributed by atoms with Crippen LogP contribution in [0.4, 0.5) is 0 Å². The van der Waals surface area contributed by atoms with Crippen LogP contribution in [0, 0.1) is 17.2 Å². The van der Waals surface area contributed by atoms with Gasteiger partial charge in [-0.25, -0.2) is 0 Å². The molecule has 0 aliphatic rings. The van der Waals surface area contributed by atoms with Crippen LogP contribution in [0.5, 0.6) is 0 Å². The largest absolute Gasteiger partial charge is 0.309 e. The van der Waals surface area contributed by atoms with Crippen LogP contribution in [0.25, 0.3) is 0 Å². The fourth-order valence-corrected chi connectivity index (χ4v) is 1.26. The predicted octanol–water partition coefficient (Wildman–Crippen LogP) is 3.49. The standard InChI is InChI=1S/C10H21N/c1-5-8(3)7-9(4)10(11)6-2/h8-9,11H,5-7H2,1-4H3. The van der Waals surface area contributed by atoms with Crippen LogP contribution in [0.3, 0.4) is 0 Å². The van der Waals surface area contributed by atoms with Crippen molar-refractivity contribution >= 4 is 5.71 Å². The van der Waals surface area contributed by atoms with Gasteiger partial charge in [-0.3, -0.25) is 0 Å². The van der Waals surface area contributed by atoms with E-state index in [0.717, 1.165) is 18.1 Å². The molecule has 0 aliphatic carbocycles. The Balaban J connectivity index is 3.67. The van der Waals surface area contributed by atoms with Crippen molar-refractivity contribution < 1.29 is 0 Å². The van der Waals surface area contributed by atoms with Crippen molar-refractivity contribution in [2.75, 3.05) is 0 Å². The first kappa shape index (κ1) is 10.7. The second-order valence-corrected chi connectivity index (χ2v) is 3.53. The van der Waals surface area contributed by atoms with Crippen LogP contribution in [0.1, 0.15) is 47.0 Å². The summed E-state index contributed by atoms with van der Waals surface area (Å²) in [6, 6.07) is 0. The van der Waals surface area contributed by atoms with Gasteiger partial charge in [-0.1, -0.05) is 34.1 Å². The lowest BCUT2D eigenvalue weighted by Crippen LogP contribution is -2.11. The Hall–Kier alpha value is -0.330. The topological polar surface area (TPSA) is 23.9 Å². The molecule has 0 heterocycles. The van der Waals surface area contributed by atoms with Gasteiger partial charge in [-0.2, -0.15) is 0 Å². The van der Waals surface area contributed by atoms with E-state index in [4.69, 9.17) is 5.41 Å². The summed E-state index contributed by atoms with van der Waals surface area (Å²) in [6.07, 6.45) is 3.34. The zero-order chi connectivity index (χ0) is 8.85. The maximum absolute atomic E-state index is 7.61. The molecule has 0 saturated heterocycles. The smallest absolute Gasteiger partial charge is 0.0115 e. The van der Waals surface area contributed by atoms with Gasteiger partial charge in [0.2, 0.25) is 0 Å². The lowest BCUT2D eigenvalue weighted by atomic mass is 9.91. The van der Waals surface area contributed by atoms with Crippen LogP contribution in [0.15, 0.2) is 0 Å². The zero-order valence-corrected chi connectivity index (χ0v) is 8.28. The maximum atomic E-state index is 7.61. The quantitative estimate of drug-likeness (QED) is 0.588. The van der Waals surface area contributed by atoms with Gasteiger partial charge >= 0.3 is 0 Å². The zero-order valence-electron chi connectivity index (χ0n) is 8.28. The monoisotopic (exact) mass is 155 g/mol. The minimum absolute atomic E-state index is 0.495. The van der Waals surface area contributed by atoms with E-state index in [1.54, 1.807) is 0 Å². The Morgan fingerprint density at radius 2 is 1.82 bits per heavy atom. The number of hydrogen-bond donors (Lipinski definition) is 1. The van der Waals surface area contributed by atoms with Crippen molar-refractivity contribution in [1.82, 2.24) is 0 Å². The maximum Gasteiger partial charge on any atom is 0.0115 e. The molecule has 0 amide bonds. The van der Waals surface area contributed by atoms with Gasteiger partial charge in [0.25, 0.3) is 0 Å². The molecule has 1 nitrogen and oxygen atoms in total. The van der Waals surface area contributed by atoms with Gasteiger partial charge in [0.1, 0.15) is 0 Å². The van der Waals surface area contributed by atoms with Crippen LogP contribution in [0.2, 0.25) is 0 Å². The number of rotatable bonds is 5. The molecule has 0 bridgehead atoms. The Morgan fingerprint density at radius 1 is 1.27 bits per heavy atom. The third-order valence-corrected chi connectivity index (χ3v) is 2.43. The lowest BCUT2D eigenvalue weighted by Gasteiger charge is -2.15. The molecule has 0 aromatic heterocycles. The Bertz CT molecular complexity index is 118. The highest BCUT2D eigenvalue weighted by Gasteiger charge is 2.09. The van der Waals surface area contributed by atoms with Crippen LogP contribution < -0.4 is 0 Å². The van der Waals surface area contributed by atoms with E-state index in [9.17, 15) is 0 Å². The molecule has 66 valence electrons. The summed E-state index contributed by atoms with van der Waals surface area (Å²) < 4.78 is 0. The van der Waals surface area contributed by atoms with E-state index in [1.807, 2.05) is 0 Å². The van der Waals surface area contributed by atoms with Gasteiger partial charge in [-0.05, 0) is 24.7 Å². The fraction of sp³-hybridized carbons (Fsp3) is 0.900. The summed E-state index contributed by atoms with van der Waals surface area (Å²) in [4.78, 5) is 0. The molecular formula is C10H21N. The van der Waals surface area contributed by atoms with Crippen LogP contribution in [-0.2, 0) is 0 Å². The molecule has 0 aromatic rings. The van der Waals surface area contributed by atoms with Gasteiger partial charge in [0, 0.05) is 5.71 Å². The second kappa shape index (κ2) is 5.34. The highest BCUT2D eigenvalue weighted by atomic mass is 14.4. The van der Waals surface area contributed by atoms with Crippen LogP contribution in [-0.4, -0.2) is 5.71 Å². The minimum atomic E-state index is 0.495. The predicted molar refractivity (Wildman–Crippen MR) is 51.3 cm³/mol. The Morgan fingerprint density at radius 3 is 2.18 bits per heavy atom. The van der Waals surface area contributed by atoms with Crippen molar-refractivity contribution in [2.24, 2.45) is 11.8 Å². The molecule has 11 heavy (non-hydrogen) atoms. The molecule has 0 radical (unpaired) electrons. The first-order chi connectivity index (χ1) is 5.11. The third kappa shape index (κ3) is 4.18. The summed E-state index contributed by atoms with van der Waals surface area (Å²) >= 11 is 0. The van der Waals surface area contributed by atoms with Crippen molar-refractivity contribution in [1.29, 1.82) is 5.41 Å². The molecule has 0 aromatic carbocycles. The Kier molecular flexibility index (Phi) is 5.18. The van der Waals surface area contributed by atoms with E-state index < -0.39 is 0 Å². The fourth-order valence-electron chi connectivity index (χ4n) is 1.26. The van der Waals surface area contributed by atoms with Crippen molar-refractivity contribution in [3.63, 3.8) is 0 Å². The summed E-state index contributed by atoms with van der Waals surface area (Å²) in [5.74, 6) is 1.27. The van der Waals surface area contributed by atoms with E-state index in [2.05, 4.69) is 27.7 Å². The number of hydrogen-bond acceptors (Lipinski definition) is 1. The molecule has 0 fully saturated rings. The van der Waals surface area contributed by atoms with Gasteiger partial charge in [-0.15, -0.1) is 0 Å². The minimum Gasteiger partial charge on any atom is -0.309 e. The highest BCUT2D eigenvalue weighted by molar-refractivity contribution is 5.83. The lowest BCUT2D eigenvalue weighted by molar-refractivity contribution is 0.465. The summed E-state index contributed by atoms with van der Waals surface area (Å²) in [6.45, 7) is 8.71. The van der Waals surface area contributed by atoms with Gasteiger partial charge < -0.3 is 5.41 Å². The normalized spacial score (nSPS) is 16.0. The molecule has 0 saturated carbocycles. The molecule has 1 heteroatoms. The summed E-state index contributed by atoms with van der Waals surface area (Å²) in [5, 5.41) is 7.61. The molecule has 0 aliphatic heterocycles. The van der Waals surface area contributed by atoms with E-state index in [0.29, 0.717) is 5.92 Å². The molecule has 0 spiro atoms. The summed E-state index contributed by atoms with van der Waals surface area (Å²) in [5.41, 5.74) is 0.908. The molecule has 2 atom stereocenters. The van der Waals surface area contributed by atoms with Crippen molar-refractivity contribution in [3.05, 3.63) is 0 Å². The molecular weight excluding hydrogens is 134 g/mol. The van der Waals surface area contributed by atoms with Crippen LogP contribution >= 0.6 is 0 Å². The molecule has 1 N–H and O–H groups in total. The highest BCUT2D eigenvalue weighted by Crippen LogP contribution is 2.16. The SMILES string of the molecule is CCC(=N)C(C)CC(C)CC. The van der Waals surface area contributed by atoms with E-state index >= 15 is 0 Å². The Labute approximate surface area is 70.7 Å². The van der Waals surface area contributed by atoms with Crippen molar-refractivity contribution in [2.45, 2.75) is 47.0 Å². The summed E-state index contributed by atoms with van der Waals surface area (Å²) in [7, 11) is 0. The average Bonchev–Trinajstić information content (AvgIpc) is 2.02. The van der Waals surface area contributed by atoms with Gasteiger partial charge in [0.05, 0.1) is 0 Å². The first-order valence-electron chi connectivity index (χ1n) is 4.69. The second-order valence-electron chi connectivity index (χ2n) is 3.53. The number of nitrogens with one attached hydrogen (secondary N) is 1. The molecule has 0 rings (SSSR count). The van der Waals surface area contributed by atoms with E-state index in [1.165, 1.54) is 12.8 Å².